The number of anilines is 2. The van der Waals surface area contributed by atoms with Crippen molar-refractivity contribution in [2.24, 2.45) is 0 Å². The van der Waals surface area contributed by atoms with E-state index in [0.29, 0.717) is 28.9 Å². The van der Waals surface area contributed by atoms with Crippen molar-refractivity contribution in [3.8, 4) is 0 Å². The monoisotopic (exact) mass is 362 g/mol. The maximum Gasteiger partial charge on any atom is 0.255 e. The molecule has 1 heterocycles. The number of halogens is 1. The lowest BCUT2D eigenvalue weighted by molar-refractivity contribution is 0.102. The molecule has 0 unspecified atom stereocenters. The van der Waals surface area contributed by atoms with Crippen molar-refractivity contribution in [2.45, 2.75) is 26.3 Å². The Labute approximate surface area is 146 Å². The topological polar surface area (TPSA) is 66.5 Å². The highest BCUT2D eigenvalue weighted by Crippen LogP contribution is 2.34. The van der Waals surface area contributed by atoms with Gasteiger partial charge in [0.2, 0.25) is 10.0 Å². The maximum absolute atomic E-state index is 13.6. The molecule has 1 aliphatic heterocycles. The minimum atomic E-state index is -3.36. The smallest absolute Gasteiger partial charge is 0.255 e. The van der Waals surface area contributed by atoms with Crippen LogP contribution in [0.2, 0.25) is 0 Å². The molecule has 1 aliphatic rings. The van der Waals surface area contributed by atoms with Crippen LogP contribution in [0.4, 0.5) is 15.8 Å². The van der Waals surface area contributed by atoms with Crippen LogP contribution in [0.25, 0.3) is 0 Å². The molecule has 7 heteroatoms. The Kier molecular flexibility index (Phi) is 4.28. The number of benzene rings is 2. The van der Waals surface area contributed by atoms with Crippen molar-refractivity contribution < 1.29 is 17.6 Å². The summed E-state index contributed by atoms with van der Waals surface area (Å²) in [5.74, 6) is -0.749. The fourth-order valence-corrected chi connectivity index (χ4v) is 4.39. The van der Waals surface area contributed by atoms with E-state index in [1.807, 2.05) is 6.92 Å². The van der Waals surface area contributed by atoms with Gasteiger partial charge in [-0.15, -0.1) is 0 Å². The fraction of sp³-hybridized carbons (Fsp3) is 0.278. The molecule has 0 spiro atoms. The molecule has 1 amide bonds. The predicted octanol–water partition coefficient (Wildman–Crippen LogP) is 3.10. The van der Waals surface area contributed by atoms with Gasteiger partial charge in [0.05, 0.1) is 11.9 Å². The average Bonchev–Trinajstić information content (AvgIpc) is 2.85. The Morgan fingerprint density at radius 1 is 1.24 bits per heavy atom. The normalized spacial score (nSPS) is 16.6. The van der Waals surface area contributed by atoms with Gasteiger partial charge in [-0.25, -0.2) is 12.8 Å². The van der Waals surface area contributed by atoms with E-state index in [9.17, 15) is 17.6 Å². The maximum atomic E-state index is 13.6. The predicted molar refractivity (Wildman–Crippen MR) is 96.0 cm³/mol. The second-order valence-electron chi connectivity index (χ2n) is 6.37. The number of amides is 1. The number of fused-ring (bicyclic) bond motifs is 1. The van der Waals surface area contributed by atoms with Gasteiger partial charge in [0.1, 0.15) is 5.82 Å². The lowest BCUT2D eigenvalue weighted by Crippen LogP contribution is -2.34. The summed E-state index contributed by atoms with van der Waals surface area (Å²) in [6, 6.07) is 9.23. The molecule has 0 bridgehead atoms. The minimum Gasteiger partial charge on any atom is -0.322 e. The standard InChI is InChI=1S/C18H19FN2O3S/c1-11-4-6-15(10-16(11)19)20-18(22)13-5-7-17-14(9-13)8-12(2)21(17)25(3,23)24/h4-7,9-10,12H,8H2,1-3H3,(H,20,22)/t12-/m1/s1. The summed E-state index contributed by atoms with van der Waals surface area (Å²) in [4.78, 5) is 12.4. The Bertz CT molecular complexity index is 957. The lowest BCUT2D eigenvalue weighted by atomic mass is 10.1. The van der Waals surface area contributed by atoms with Crippen LogP contribution in [0, 0.1) is 12.7 Å². The van der Waals surface area contributed by atoms with Gasteiger partial charge in [-0.1, -0.05) is 6.07 Å². The molecule has 3 rings (SSSR count). The number of carbonyl (C=O) groups excluding carboxylic acids is 1. The van der Waals surface area contributed by atoms with Gasteiger partial charge in [-0.3, -0.25) is 9.10 Å². The third-order valence-corrected chi connectivity index (χ3v) is 5.55. The molecule has 132 valence electrons. The van der Waals surface area contributed by atoms with E-state index in [4.69, 9.17) is 0 Å². The summed E-state index contributed by atoms with van der Waals surface area (Å²) in [7, 11) is -3.36. The first kappa shape index (κ1) is 17.4. The lowest BCUT2D eigenvalue weighted by Gasteiger charge is -2.21. The second kappa shape index (κ2) is 6.15. The summed E-state index contributed by atoms with van der Waals surface area (Å²) in [5.41, 5.74) is 2.70. The molecule has 0 saturated carbocycles. The number of hydrogen-bond acceptors (Lipinski definition) is 3. The molecular formula is C18H19FN2O3S. The first-order chi connectivity index (χ1) is 11.7. The van der Waals surface area contributed by atoms with Gasteiger partial charge in [-0.05, 0) is 61.7 Å². The number of aryl methyl sites for hydroxylation is 1. The Balaban J connectivity index is 1.86. The molecule has 1 atom stereocenters. The summed E-state index contributed by atoms with van der Waals surface area (Å²) < 4.78 is 38.8. The minimum absolute atomic E-state index is 0.186. The average molecular weight is 362 g/mol. The first-order valence-electron chi connectivity index (χ1n) is 7.86. The van der Waals surface area contributed by atoms with Crippen LogP contribution in [-0.4, -0.2) is 26.6 Å². The Morgan fingerprint density at radius 3 is 2.60 bits per heavy atom. The molecule has 25 heavy (non-hydrogen) atoms. The van der Waals surface area contributed by atoms with Crippen LogP contribution < -0.4 is 9.62 Å². The van der Waals surface area contributed by atoms with Crippen LogP contribution in [-0.2, 0) is 16.4 Å². The van der Waals surface area contributed by atoms with Crippen molar-refractivity contribution in [2.75, 3.05) is 15.9 Å². The Hall–Kier alpha value is -2.41. The summed E-state index contributed by atoms with van der Waals surface area (Å²) in [6.07, 6.45) is 1.72. The number of sulfonamides is 1. The van der Waals surface area contributed by atoms with Crippen LogP contribution in [0.5, 0.6) is 0 Å². The molecule has 0 fully saturated rings. The molecule has 5 nitrogen and oxygen atoms in total. The van der Waals surface area contributed by atoms with E-state index in [1.54, 1.807) is 37.3 Å². The fourth-order valence-electron chi connectivity index (χ4n) is 3.12. The van der Waals surface area contributed by atoms with Crippen molar-refractivity contribution in [3.63, 3.8) is 0 Å². The quantitative estimate of drug-likeness (QED) is 0.912. The zero-order valence-electron chi connectivity index (χ0n) is 14.2. The molecule has 0 saturated heterocycles. The molecule has 0 aliphatic carbocycles. The highest BCUT2D eigenvalue weighted by molar-refractivity contribution is 7.92. The summed E-state index contributed by atoms with van der Waals surface area (Å²) in [5, 5.41) is 2.66. The van der Waals surface area contributed by atoms with Gasteiger partial charge in [0.25, 0.3) is 5.91 Å². The van der Waals surface area contributed by atoms with Crippen molar-refractivity contribution >= 4 is 27.3 Å². The third kappa shape index (κ3) is 3.37. The van der Waals surface area contributed by atoms with E-state index >= 15 is 0 Å². The van der Waals surface area contributed by atoms with Crippen LogP contribution >= 0.6 is 0 Å². The van der Waals surface area contributed by atoms with Crippen molar-refractivity contribution in [1.82, 2.24) is 0 Å². The number of carbonyl (C=O) groups is 1. The molecule has 0 aromatic heterocycles. The largest absolute Gasteiger partial charge is 0.322 e. The molecular weight excluding hydrogens is 343 g/mol. The van der Waals surface area contributed by atoms with E-state index in [1.165, 1.54) is 16.6 Å². The first-order valence-corrected chi connectivity index (χ1v) is 9.71. The van der Waals surface area contributed by atoms with E-state index in [-0.39, 0.29) is 17.8 Å². The summed E-state index contributed by atoms with van der Waals surface area (Å²) in [6.45, 7) is 3.48. The third-order valence-electron chi connectivity index (χ3n) is 4.28. The SMILES string of the molecule is Cc1ccc(NC(=O)c2ccc3c(c2)C[C@@H](C)N3S(C)(=O)=O)cc1F. The van der Waals surface area contributed by atoms with E-state index in [0.717, 1.165) is 5.56 Å². The van der Waals surface area contributed by atoms with Gasteiger partial charge in [-0.2, -0.15) is 0 Å². The number of rotatable bonds is 3. The number of nitrogens with zero attached hydrogens (tertiary/aromatic N) is 1. The van der Waals surface area contributed by atoms with Gasteiger partial charge in [0, 0.05) is 17.3 Å². The van der Waals surface area contributed by atoms with Gasteiger partial charge in [0.15, 0.2) is 0 Å². The van der Waals surface area contributed by atoms with E-state index in [2.05, 4.69) is 5.32 Å². The van der Waals surface area contributed by atoms with E-state index < -0.39 is 10.0 Å². The molecule has 0 radical (unpaired) electrons. The van der Waals surface area contributed by atoms with Crippen molar-refractivity contribution in [1.29, 1.82) is 0 Å². The van der Waals surface area contributed by atoms with Crippen molar-refractivity contribution in [3.05, 3.63) is 58.9 Å². The highest BCUT2D eigenvalue weighted by atomic mass is 32.2. The summed E-state index contributed by atoms with van der Waals surface area (Å²) >= 11 is 0. The van der Waals surface area contributed by atoms with Gasteiger partial charge < -0.3 is 5.32 Å². The molecule has 2 aromatic carbocycles. The number of nitrogens with one attached hydrogen (secondary N) is 1. The number of hydrogen-bond donors (Lipinski definition) is 1. The zero-order valence-corrected chi connectivity index (χ0v) is 15.0. The molecule has 2 aromatic rings. The van der Waals surface area contributed by atoms with Crippen LogP contribution in [0.1, 0.15) is 28.4 Å². The highest BCUT2D eigenvalue weighted by Gasteiger charge is 2.32. The Morgan fingerprint density at radius 2 is 1.96 bits per heavy atom. The van der Waals surface area contributed by atoms with Crippen LogP contribution in [0.15, 0.2) is 36.4 Å². The second-order valence-corrected chi connectivity index (χ2v) is 8.23. The molecule has 1 N–H and O–H groups in total. The van der Waals surface area contributed by atoms with Gasteiger partial charge >= 0.3 is 0 Å². The van der Waals surface area contributed by atoms with Crippen LogP contribution in [0.3, 0.4) is 0 Å². The zero-order chi connectivity index (χ0) is 18.4.